The Kier molecular flexibility index (Phi) is 13.4. The molecule has 0 aromatic heterocycles. The van der Waals surface area contributed by atoms with Crippen LogP contribution < -0.4 is 10.6 Å². The average Bonchev–Trinajstić information content (AvgIpc) is 2.71. The van der Waals surface area contributed by atoms with Gasteiger partial charge in [0.2, 0.25) is 0 Å². The molecule has 1 aliphatic heterocycles. The van der Waals surface area contributed by atoms with Gasteiger partial charge < -0.3 is 20.3 Å². The van der Waals surface area contributed by atoms with Crippen LogP contribution in [0.1, 0.15) is 50.2 Å². The van der Waals surface area contributed by atoms with Crippen molar-refractivity contribution >= 4 is 29.9 Å². The van der Waals surface area contributed by atoms with E-state index in [1.54, 1.807) is 19.2 Å². The maximum atomic E-state index is 12.1. The quantitative estimate of drug-likeness (QED) is 0.190. The third-order valence-corrected chi connectivity index (χ3v) is 5.35. The van der Waals surface area contributed by atoms with Crippen LogP contribution in [0.15, 0.2) is 29.3 Å². The van der Waals surface area contributed by atoms with E-state index in [0.29, 0.717) is 18.2 Å². The molecule has 0 spiro atoms. The van der Waals surface area contributed by atoms with Crippen molar-refractivity contribution in [1.82, 2.24) is 15.5 Å². The number of ether oxygens (including phenoxy) is 1. The first-order valence-corrected chi connectivity index (χ1v) is 10.8. The highest BCUT2D eigenvalue weighted by atomic mass is 127. The summed E-state index contributed by atoms with van der Waals surface area (Å²) in [5, 5.41) is 6.60. The second-order valence-corrected chi connectivity index (χ2v) is 7.86. The van der Waals surface area contributed by atoms with E-state index in [1.807, 2.05) is 12.1 Å². The van der Waals surface area contributed by atoms with Gasteiger partial charge >= 0.3 is 6.18 Å². The Morgan fingerprint density at radius 1 is 1.13 bits per heavy atom. The maximum Gasteiger partial charge on any atom is 0.411 e. The largest absolute Gasteiger partial charge is 0.411 e. The summed E-state index contributed by atoms with van der Waals surface area (Å²) >= 11 is 0. The van der Waals surface area contributed by atoms with Gasteiger partial charge in [-0.25, -0.2) is 0 Å². The van der Waals surface area contributed by atoms with Crippen LogP contribution in [0.25, 0.3) is 0 Å². The highest BCUT2D eigenvalue weighted by molar-refractivity contribution is 14.0. The molecular weight excluding hydrogens is 520 g/mol. The Bertz CT molecular complexity index is 641. The minimum absolute atomic E-state index is 0. The molecule has 31 heavy (non-hydrogen) atoms. The SMILES string of the molecule is CN=C(NCCCCN1CCCCC1C)NCc1ccc(COCC(F)(F)F)cc1.I. The number of unbranched alkanes of at least 4 members (excludes halogenated alkanes) is 1. The van der Waals surface area contributed by atoms with Crippen LogP contribution in [0.4, 0.5) is 13.2 Å². The zero-order chi connectivity index (χ0) is 21.8. The number of nitrogens with one attached hydrogen (secondary N) is 2. The highest BCUT2D eigenvalue weighted by Gasteiger charge is 2.27. The lowest BCUT2D eigenvalue weighted by atomic mass is 10.0. The molecule has 1 saturated heterocycles. The summed E-state index contributed by atoms with van der Waals surface area (Å²) in [6.07, 6.45) is 1.97. The van der Waals surface area contributed by atoms with E-state index in [-0.39, 0.29) is 30.6 Å². The van der Waals surface area contributed by atoms with Crippen molar-refractivity contribution in [2.75, 3.05) is 33.3 Å². The zero-order valence-electron chi connectivity index (χ0n) is 18.5. The van der Waals surface area contributed by atoms with Crippen LogP contribution in [0, 0.1) is 0 Å². The summed E-state index contributed by atoms with van der Waals surface area (Å²) in [6, 6.07) is 8.04. The highest BCUT2D eigenvalue weighted by Crippen LogP contribution is 2.17. The fourth-order valence-corrected chi connectivity index (χ4v) is 3.58. The Labute approximate surface area is 201 Å². The van der Waals surface area contributed by atoms with Crippen molar-refractivity contribution in [3.8, 4) is 0 Å². The molecule has 1 aromatic carbocycles. The summed E-state index contributed by atoms with van der Waals surface area (Å²) in [5.74, 6) is 0.749. The number of guanidine groups is 1. The lowest BCUT2D eigenvalue weighted by Crippen LogP contribution is -2.39. The smallest absolute Gasteiger partial charge is 0.367 e. The van der Waals surface area contributed by atoms with Gasteiger partial charge in [0.05, 0.1) is 6.61 Å². The van der Waals surface area contributed by atoms with Gasteiger partial charge in [0.25, 0.3) is 0 Å². The first kappa shape index (κ1) is 28.0. The standard InChI is InChI=1S/C22H35F3N4O.HI/c1-18-7-3-5-13-29(18)14-6-4-12-27-21(26-2)28-15-19-8-10-20(11-9-19)16-30-17-22(23,24)25;/h8-11,18H,3-7,12-17H2,1-2H3,(H2,26,27,28);1H. The van der Waals surface area contributed by atoms with Crippen molar-refractivity contribution in [3.63, 3.8) is 0 Å². The van der Waals surface area contributed by atoms with Crippen molar-refractivity contribution in [3.05, 3.63) is 35.4 Å². The number of rotatable bonds is 10. The van der Waals surface area contributed by atoms with E-state index in [0.717, 1.165) is 31.0 Å². The number of aliphatic imine (C=N–C) groups is 1. The molecule has 2 rings (SSSR count). The van der Waals surface area contributed by atoms with Gasteiger partial charge in [0.1, 0.15) is 6.61 Å². The lowest BCUT2D eigenvalue weighted by molar-refractivity contribution is -0.176. The first-order chi connectivity index (χ1) is 14.4. The Balaban J connectivity index is 0.00000480. The van der Waals surface area contributed by atoms with Gasteiger partial charge in [-0.1, -0.05) is 30.7 Å². The fraction of sp³-hybridized carbons (Fsp3) is 0.682. The van der Waals surface area contributed by atoms with Gasteiger partial charge in [-0.2, -0.15) is 13.2 Å². The molecule has 0 saturated carbocycles. The number of benzene rings is 1. The molecule has 0 radical (unpaired) electrons. The number of likely N-dealkylation sites (tertiary alicyclic amines) is 1. The molecule has 1 atom stereocenters. The number of piperidine rings is 1. The van der Waals surface area contributed by atoms with Gasteiger partial charge in [-0.05, 0) is 56.8 Å². The van der Waals surface area contributed by atoms with Crippen LogP contribution in [-0.4, -0.2) is 56.4 Å². The summed E-state index contributed by atoms with van der Waals surface area (Å²) < 4.78 is 41.0. The predicted molar refractivity (Wildman–Crippen MR) is 130 cm³/mol. The van der Waals surface area contributed by atoms with Crippen molar-refractivity contribution in [2.45, 2.75) is 64.4 Å². The van der Waals surface area contributed by atoms with E-state index in [2.05, 4.69) is 32.2 Å². The predicted octanol–water partition coefficient (Wildman–Crippen LogP) is 4.70. The van der Waals surface area contributed by atoms with Crippen molar-refractivity contribution < 1.29 is 17.9 Å². The molecular formula is C22H36F3IN4O. The molecule has 5 nitrogen and oxygen atoms in total. The fourth-order valence-electron chi connectivity index (χ4n) is 3.58. The molecule has 0 amide bonds. The van der Waals surface area contributed by atoms with Crippen LogP contribution in [0.5, 0.6) is 0 Å². The van der Waals surface area contributed by atoms with E-state index in [9.17, 15) is 13.2 Å². The van der Waals surface area contributed by atoms with Gasteiger partial charge in [-0.15, -0.1) is 24.0 Å². The Morgan fingerprint density at radius 2 is 1.84 bits per heavy atom. The van der Waals surface area contributed by atoms with Crippen LogP contribution >= 0.6 is 24.0 Å². The van der Waals surface area contributed by atoms with Crippen molar-refractivity contribution in [2.24, 2.45) is 4.99 Å². The van der Waals surface area contributed by atoms with Crippen LogP contribution in [0.2, 0.25) is 0 Å². The number of hydrogen-bond acceptors (Lipinski definition) is 3. The van der Waals surface area contributed by atoms with E-state index in [1.165, 1.54) is 32.2 Å². The van der Waals surface area contributed by atoms with Crippen LogP contribution in [-0.2, 0) is 17.9 Å². The Morgan fingerprint density at radius 3 is 2.48 bits per heavy atom. The van der Waals surface area contributed by atoms with Gasteiger partial charge in [0.15, 0.2) is 5.96 Å². The molecule has 1 unspecified atom stereocenters. The average molecular weight is 556 g/mol. The molecule has 0 aliphatic carbocycles. The zero-order valence-corrected chi connectivity index (χ0v) is 20.8. The summed E-state index contributed by atoms with van der Waals surface area (Å²) in [5.41, 5.74) is 1.74. The molecule has 1 aliphatic rings. The van der Waals surface area contributed by atoms with E-state index < -0.39 is 12.8 Å². The number of alkyl halides is 3. The van der Waals surface area contributed by atoms with E-state index >= 15 is 0 Å². The lowest BCUT2D eigenvalue weighted by Gasteiger charge is -2.33. The summed E-state index contributed by atoms with van der Waals surface area (Å²) in [4.78, 5) is 6.83. The molecule has 9 heteroatoms. The minimum Gasteiger partial charge on any atom is -0.367 e. The molecule has 1 aromatic rings. The molecule has 1 fully saturated rings. The second-order valence-electron chi connectivity index (χ2n) is 7.86. The van der Waals surface area contributed by atoms with E-state index in [4.69, 9.17) is 0 Å². The Hall–Kier alpha value is -1.07. The summed E-state index contributed by atoms with van der Waals surface area (Å²) in [6.45, 7) is 4.90. The third-order valence-electron chi connectivity index (χ3n) is 5.35. The molecule has 178 valence electrons. The number of halogens is 4. The maximum absolute atomic E-state index is 12.1. The van der Waals surface area contributed by atoms with Crippen LogP contribution in [0.3, 0.4) is 0 Å². The third kappa shape index (κ3) is 11.9. The minimum atomic E-state index is -4.29. The summed E-state index contributed by atoms with van der Waals surface area (Å²) in [7, 11) is 1.74. The second kappa shape index (κ2) is 14.9. The molecule has 2 N–H and O–H groups in total. The first-order valence-electron chi connectivity index (χ1n) is 10.8. The van der Waals surface area contributed by atoms with Gasteiger partial charge in [0, 0.05) is 26.2 Å². The monoisotopic (exact) mass is 556 g/mol. The number of nitrogens with zero attached hydrogens (tertiary/aromatic N) is 2. The topological polar surface area (TPSA) is 48.9 Å². The molecule has 1 heterocycles. The van der Waals surface area contributed by atoms with Crippen molar-refractivity contribution in [1.29, 1.82) is 0 Å². The normalized spacial score (nSPS) is 17.8. The molecule has 0 bridgehead atoms. The number of hydrogen-bond donors (Lipinski definition) is 2. The van der Waals surface area contributed by atoms with Gasteiger partial charge in [-0.3, -0.25) is 4.99 Å².